The Balaban J connectivity index is 1.52. The number of furan rings is 1. The summed E-state index contributed by atoms with van der Waals surface area (Å²) in [5, 5.41) is 5.57. The van der Waals surface area contributed by atoms with Crippen LogP contribution in [0.2, 0.25) is 0 Å². The maximum Gasteiger partial charge on any atom is 0.293 e. The summed E-state index contributed by atoms with van der Waals surface area (Å²) in [7, 11) is -1.74. The average Bonchev–Trinajstić information content (AvgIpc) is 3.40. The van der Waals surface area contributed by atoms with Gasteiger partial charge in [-0.1, -0.05) is 6.92 Å². The highest BCUT2D eigenvalue weighted by atomic mass is 32.2. The summed E-state index contributed by atoms with van der Waals surface area (Å²) >= 11 is 1.30. The molecule has 0 atom stereocenters. The van der Waals surface area contributed by atoms with Gasteiger partial charge in [-0.3, -0.25) is 10.1 Å². The van der Waals surface area contributed by atoms with Crippen LogP contribution in [0, 0.1) is 0 Å². The number of fused-ring (bicyclic) bond motifs is 1. The fourth-order valence-corrected chi connectivity index (χ4v) is 5.17. The lowest BCUT2D eigenvalue weighted by Gasteiger charge is -2.01. The molecule has 31 heavy (non-hydrogen) atoms. The van der Waals surface area contributed by atoms with Gasteiger partial charge in [-0.15, -0.1) is 11.3 Å². The highest BCUT2D eigenvalue weighted by Crippen LogP contribution is 2.28. The van der Waals surface area contributed by atoms with Crippen molar-refractivity contribution >= 4 is 43.2 Å². The Bertz CT molecular complexity index is 1340. The fourth-order valence-electron chi connectivity index (χ4n) is 3.10. The maximum atomic E-state index is 12.6. The van der Waals surface area contributed by atoms with Crippen LogP contribution in [0.25, 0.3) is 22.2 Å². The predicted molar refractivity (Wildman–Crippen MR) is 121 cm³/mol. The van der Waals surface area contributed by atoms with E-state index < -0.39 is 15.7 Å². The van der Waals surface area contributed by atoms with E-state index in [1.165, 1.54) is 29.5 Å². The zero-order valence-electron chi connectivity index (χ0n) is 16.9. The molecule has 0 aliphatic heterocycles. The number of nitrogens with one attached hydrogen (secondary N) is 1. The van der Waals surface area contributed by atoms with Gasteiger partial charge in [0.2, 0.25) is 0 Å². The van der Waals surface area contributed by atoms with Gasteiger partial charge in [-0.2, -0.15) is 0 Å². The molecule has 1 N–H and O–H groups in total. The van der Waals surface area contributed by atoms with E-state index >= 15 is 0 Å². The second kappa shape index (κ2) is 8.52. The standard InChI is InChI=1S/C22H20N2O5S2/c1-3-10-31(26,27)17-8-9-19-15(11-17)12-20(29-19)21(25)24-22-23-18(13-30-22)14-4-6-16(28-2)7-5-14/h4-9,11-13H,3,10H2,1-2H3,(H,23,24,25). The van der Waals surface area contributed by atoms with Crippen molar-refractivity contribution in [2.75, 3.05) is 18.2 Å². The normalized spacial score (nSPS) is 11.5. The van der Waals surface area contributed by atoms with E-state index in [0.717, 1.165) is 17.0 Å². The van der Waals surface area contributed by atoms with Crippen LogP contribution in [0.3, 0.4) is 0 Å². The monoisotopic (exact) mass is 456 g/mol. The molecule has 0 spiro atoms. The first-order chi connectivity index (χ1) is 14.9. The number of sulfone groups is 1. The van der Waals surface area contributed by atoms with Gasteiger partial charge in [0.1, 0.15) is 11.3 Å². The first-order valence-electron chi connectivity index (χ1n) is 9.57. The molecular formula is C22H20N2O5S2. The third-order valence-corrected chi connectivity index (χ3v) is 7.33. The number of methoxy groups -OCH3 is 1. The number of amides is 1. The predicted octanol–water partition coefficient (Wildman–Crippen LogP) is 5.00. The van der Waals surface area contributed by atoms with Gasteiger partial charge >= 0.3 is 0 Å². The Morgan fingerprint density at radius 3 is 2.65 bits per heavy atom. The molecular weight excluding hydrogens is 436 g/mol. The molecule has 7 nitrogen and oxygen atoms in total. The molecule has 9 heteroatoms. The van der Waals surface area contributed by atoms with Crippen molar-refractivity contribution < 1.29 is 22.4 Å². The van der Waals surface area contributed by atoms with Crippen LogP contribution >= 0.6 is 11.3 Å². The summed E-state index contributed by atoms with van der Waals surface area (Å²) in [5.41, 5.74) is 2.08. The molecule has 1 amide bonds. The number of rotatable bonds is 7. The molecule has 4 rings (SSSR count). The molecule has 2 aromatic heterocycles. The van der Waals surface area contributed by atoms with Gasteiger partial charge in [0.15, 0.2) is 20.7 Å². The van der Waals surface area contributed by atoms with Crippen LogP contribution in [-0.4, -0.2) is 32.2 Å². The Kier molecular flexibility index (Phi) is 5.79. The van der Waals surface area contributed by atoms with Crippen LogP contribution in [0.15, 0.2) is 63.2 Å². The highest BCUT2D eigenvalue weighted by Gasteiger charge is 2.18. The highest BCUT2D eigenvalue weighted by molar-refractivity contribution is 7.91. The van der Waals surface area contributed by atoms with E-state index in [1.54, 1.807) is 13.2 Å². The molecule has 0 radical (unpaired) electrons. The SMILES string of the molecule is CCCS(=O)(=O)c1ccc2oc(C(=O)Nc3nc(-c4ccc(OC)cc4)cs3)cc2c1. The van der Waals surface area contributed by atoms with E-state index in [4.69, 9.17) is 9.15 Å². The summed E-state index contributed by atoms with van der Waals surface area (Å²) in [6.07, 6.45) is 0.533. The van der Waals surface area contributed by atoms with Crippen LogP contribution in [-0.2, 0) is 9.84 Å². The number of thiazole rings is 1. The van der Waals surface area contributed by atoms with E-state index in [-0.39, 0.29) is 16.4 Å². The van der Waals surface area contributed by atoms with Crippen LogP contribution < -0.4 is 10.1 Å². The van der Waals surface area contributed by atoms with Gasteiger partial charge < -0.3 is 9.15 Å². The molecule has 0 bridgehead atoms. The van der Waals surface area contributed by atoms with E-state index in [2.05, 4.69) is 10.3 Å². The third kappa shape index (κ3) is 4.47. The van der Waals surface area contributed by atoms with E-state index in [9.17, 15) is 13.2 Å². The van der Waals surface area contributed by atoms with E-state index in [1.807, 2.05) is 36.6 Å². The zero-order valence-corrected chi connectivity index (χ0v) is 18.5. The number of ether oxygens (including phenoxy) is 1. The van der Waals surface area contributed by atoms with Crippen molar-refractivity contribution in [2.24, 2.45) is 0 Å². The minimum absolute atomic E-state index is 0.0737. The Morgan fingerprint density at radius 2 is 1.94 bits per heavy atom. The number of carbonyl (C=O) groups excluding carboxylic acids is 1. The minimum atomic E-state index is -3.35. The van der Waals surface area contributed by atoms with Crippen LogP contribution in [0.4, 0.5) is 5.13 Å². The van der Waals surface area contributed by atoms with Crippen molar-refractivity contribution in [3.63, 3.8) is 0 Å². The second-order valence-corrected chi connectivity index (χ2v) is 9.82. The molecule has 2 heterocycles. The number of aromatic nitrogens is 1. The molecule has 0 saturated heterocycles. The maximum absolute atomic E-state index is 12.6. The Hall–Kier alpha value is -3.17. The van der Waals surface area contributed by atoms with Crippen molar-refractivity contribution in [1.82, 2.24) is 4.98 Å². The summed E-state index contributed by atoms with van der Waals surface area (Å²) in [6, 6.07) is 13.6. The largest absolute Gasteiger partial charge is 0.497 e. The van der Waals surface area contributed by atoms with E-state index in [0.29, 0.717) is 22.5 Å². The molecule has 0 fully saturated rings. The first-order valence-corrected chi connectivity index (χ1v) is 12.1. The van der Waals surface area contributed by atoms with Crippen molar-refractivity contribution in [3.05, 3.63) is 59.7 Å². The first kappa shape index (κ1) is 21.1. The summed E-state index contributed by atoms with van der Waals surface area (Å²) in [4.78, 5) is 17.3. The topological polar surface area (TPSA) is 98.5 Å². The van der Waals surface area contributed by atoms with Gasteiger partial charge in [-0.25, -0.2) is 13.4 Å². The lowest BCUT2D eigenvalue weighted by atomic mass is 10.2. The number of carbonyl (C=O) groups is 1. The summed E-state index contributed by atoms with van der Waals surface area (Å²) in [6.45, 7) is 1.81. The molecule has 0 aliphatic rings. The number of hydrogen-bond acceptors (Lipinski definition) is 7. The van der Waals surface area contributed by atoms with Gasteiger partial charge in [0.05, 0.1) is 23.5 Å². The molecule has 160 valence electrons. The van der Waals surface area contributed by atoms with Gasteiger partial charge in [0.25, 0.3) is 5.91 Å². The molecule has 0 saturated carbocycles. The number of benzene rings is 2. The minimum Gasteiger partial charge on any atom is -0.497 e. The number of anilines is 1. The quantitative estimate of drug-likeness (QED) is 0.420. The Morgan fingerprint density at radius 1 is 1.16 bits per heavy atom. The summed E-state index contributed by atoms with van der Waals surface area (Å²) < 4.78 is 35.3. The van der Waals surface area contributed by atoms with Crippen molar-refractivity contribution in [1.29, 1.82) is 0 Å². The molecule has 2 aromatic carbocycles. The van der Waals surface area contributed by atoms with Crippen molar-refractivity contribution in [3.8, 4) is 17.0 Å². The fraction of sp³-hybridized carbons (Fsp3) is 0.182. The van der Waals surface area contributed by atoms with Gasteiger partial charge in [0, 0.05) is 16.3 Å². The van der Waals surface area contributed by atoms with Crippen LogP contribution in [0.1, 0.15) is 23.9 Å². The molecule has 0 aliphatic carbocycles. The molecule has 0 unspecified atom stereocenters. The smallest absolute Gasteiger partial charge is 0.293 e. The zero-order chi connectivity index (χ0) is 22.0. The lowest BCUT2D eigenvalue weighted by molar-refractivity contribution is 0.0998. The third-order valence-electron chi connectivity index (χ3n) is 4.65. The number of nitrogens with zero attached hydrogens (tertiary/aromatic N) is 1. The second-order valence-electron chi connectivity index (χ2n) is 6.85. The van der Waals surface area contributed by atoms with Gasteiger partial charge in [-0.05, 0) is 55.0 Å². The average molecular weight is 457 g/mol. The lowest BCUT2D eigenvalue weighted by Crippen LogP contribution is -2.10. The molecule has 4 aromatic rings. The number of hydrogen-bond donors (Lipinski definition) is 1. The summed E-state index contributed by atoms with van der Waals surface area (Å²) in [5.74, 6) is 0.457. The Labute approximate surface area is 183 Å². The van der Waals surface area contributed by atoms with Crippen molar-refractivity contribution in [2.45, 2.75) is 18.2 Å². The van der Waals surface area contributed by atoms with Crippen LogP contribution in [0.5, 0.6) is 5.75 Å².